The zero-order chi connectivity index (χ0) is 15.1. The van der Waals surface area contributed by atoms with Gasteiger partial charge in [0.1, 0.15) is 11.4 Å². The van der Waals surface area contributed by atoms with E-state index in [9.17, 15) is 0 Å². The first-order chi connectivity index (χ1) is 9.97. The Bertz CT molecular complexity index is 832. The fraction of sp³-hybridized carbons (Fsp3) is 0.0769. The minimum Gasteiger partial charge on any atom is -0.398 e. The van der Waals surface area contributed by atoms with Gasteiger partial charge in [0.25, 0.3) is 0 Å². The first-order valence-corrected chi connectivity index (χ1v) is 8.18. The third kappa shape index (κ3) is 2.68. The Morgan fingerprint density at radius 3 is 2.62 bits per heavy atom. The minimum atomic E-state index is 0.488. The van der Waals surface area contributed by atoms with Crippen LogP contribution in [0.5, 0.6) is 0 Å². The lowest BCUT2D eigenvalue weighted by Gasteiger charge is -2.14. The summed E-state index contributed by atoms with van der Waals surface area (Å²) in [5.41, 5.74) is 10.4. The summed E-state index contributed by atoms with van der Waals surface area (Å²) in [4.78, 5) is 0. The average molecular weight is 404 g/mol. The second kappa shape index (κ2) is 5.61. The zero-order valence-corrected chi connectivity index (χ0v) is 14.7. The molecule has 3 rings (SSSR count). The molecule has 4 nitrogen and oxygen atoms in total. The summed E-state index contributed by atoms with van der Waals surface area (Å²) in [6.45, 7) is 1.94. The summed E-state index contributed by atoms with van der Waals surface area (Å²) in [7, 11) is 0. The van der Waals surface area contributed by atoms with Crippen LogP contribution >= 0.6 is 39.1 Å². The molecule has 0 amide bonds. The molecule has 0 unspecified atom stereocenters. The van der Waals surface area contributed by atoms with Crippen molar-refractivity contribution in [3.63, 3.8) is 0 Å². The monoisotopic (exact) mass is 402 g/mol. The molecule has 1 aliphatic heterocycles. The maximum absolute atomic E-state index is 6.29. The summed E-state index contributed by atoms with van der Waals surface area (Å²) in [6, 6.07) is 5.45. The Balaban J connectivity index is 2.10. The van der Waals surface area contributed by atoms with Crippen molar-refractivity contribution >= 4 is 78.9 Å². The van der Waals surface area contributed by atoms with Gasteiger partial charge in [-0.15, -0.1) is 0 Å². The fourth-order valence-electron chi connectivity index (χ4n) is 1.92. The van der Waals surface area contributed by atoms with E-state index in [-0.39, 0.29) is 0 Å². The van der Waals surface area contributed by atoms with E-state index in [2.05, 4.69) is 30.0 Å². The maximum Gasteiger partial charge on any atom is 0.131 e. The molecular formula is C13H9BrCl2N4S. The number of fused-ring (bicyclic) bond motifs is 1. The van der Waals surface area contributed by atoms with Crippen LogP contribution in [0.4, 0.5) is 28.4 Å². The van der Waals surface area contributed by atoms with Gasteiger partial charge in [0.2, 0.25) is 0 Å². The second-order valence-corrected chi connectivity index (χ2v) is 6.69. The van der Waals surface area contributed by atoms with Gasteiger partial charge in [-0.3, -0.25) is 0 Å². The van der Waals surface area contributed by atoms with Crippen LogP contribution in [0.2, 0.25) is 10.0 Å². The summed E-state index contributed by atoms with van der Waals surface area (Å²) in [5.74, 6) is 0. The predicted molar refractivity (Wildman–Crippen MR) is 94.6 cm³/mol. The predicted octanol–water partition coefficient (Wildman–Crippen LogP) is 6.12. The number of nitrogen functional groups attached to an aromatic ring is 1. The molecule has 2 aromatic rings. The molecule has 21 heavy (non-hydrogen) atoms. The molecule has 0 atom stereocenters. The van der Waals surface area contributed by atoms with Gasteiger partial charge in [0, 0.05) is 10.2 Å². The van der Waals surface area contributed by atoms with Gasteiger partial charge in [0.05, 0.1) is 32.8 Å². The molecule has 1 aliphatic rings. The lowest BCUT2D eigenvalue weighted by atomic mass is 10.1. The van der Waals surface area contributed by atoms with Gasteiger partial charge in [-0.1, -0.05) is 23.2 Å². The number of hydrogen-bond acceptors (Lipinski definition) is 4. The van der Waals surface area contributed by atoms with Crippen molar-refractivity contribution in [1.82, 2.24) is 0 Å². The molecule has 0 radical (unpaired) electrons. The minimum absolute atomic E-state index is 0.488. The average Bonchev–Trinajstić information content (AvgIpc) is 2.90. The number of halogens is 3. The van der Waals surface area contributed by atoms with E-state index >= 15 is 0 Å². The molecule has 0 saturated heterocycles. The smallest absolute Gasteiger partial charge is 0.131 e. The van der Waals surface area contributed by atoms with E-state index in [1.807, 2.05) is 19.1 Å². The lowest BCUT2D eigenvalue weighted by molar-refractivity contribution is 1.42. The van der Waals surface area contributed by atoms with Crippen molar-refractivity contribution < 1.29 is 0 Å². The van der Waals surface area contributed by atoms with Crippen LogP contribution < -0.4 is 11.1 Å². The fourth-order valence-corrected chi connectivity index (χ4v) is 3.54. The highest BCUT2D eigenvalue weighted by molar-refractivity contribution is 9.10. The van der Waals surface area contributed by atoms with Crippen LogP contribution in [0.25, 0.3) is 0 Å². The zero-order valence-electron chi connectivity index (χ0n) is 10.7. The first-order valence-electron chi connectivity index (χ1n) is 5.90. The Labute approximate surface area is 143 Å². The molecule has 8 heteroatoms. The number of rotatable bonds is 2. The van der Waals surface area contributed by atoms with E-state index in [1.165, 1.54) is 0 Å². The van der Waals surface area contributed by atoms with Gasteiger partial charge in [0.15, 0.2) is 0 Å². The Morgan fingerprint density at radius 2 is 1.86 bits per heavy atom. The second-order valence-electron chi connectivity index (χ2n) is 4.49. The van der Waals surface area contributed by atoms with E-state index in [0.717, 1.165) is 32.8 Å². The van der Waals surface area contributed by atoms with E-state index in [4.69, 9.17) is 28.9 Å². The number of nitrogens with zero attached hydrogens (tertiary/aromatic N) is 2. The lowest BCUT2D eigenvalue weighted by Crippen LogP contribution is -1.97. The van der Waals surface area contributed by atoms with Crippen LogP contribution in [-0.2, 0) is 11.4 Å². The van der Waals surface area contributed by atoms with Gasteiger partial charge in [-0.2, -0.15) is 8.73 Å². The van der Waals surface area contributed by atoms with E-state index in [1.54, 1.807) is 6.07 Å². The number of hydrogen-bond donors (Lipinski definition) is 2. The molecule has 0 saturated carbocycles. The number of anilines is 3. The molecule has 0 aliphatic carbocycles. The van der Waals surface area contributed by atoms with Crippen LogP contribution in [0, 0.1) is 6.92 Å². The van der Waals surface area contributed by atoms with Crippen molar-refractivity contribution in [2.75, 3.05) is 11.1 Å². The quantitative estimate of drug-likeness (QED) is 0.506. The van der Waals surface area contributed by atoms with Gasteiger partial charge >= 0.3 is 0 Å². The van der Waals surface area contributed by atoms with Crippen molar-refractivity contribution in [3.8, 4) is 0 Å². The highest BCUT2D eigenvalue weighted by Crippen LogP contribution is 2.49. The largest absolute Gasteiger partial charge is 0.398 e. The summed E-state index contributed by atoms with van der Waals surface area (Å²) in [6.07, 6.45) is 0. The third-order valence-corrected chi connectivity index (χ3v) is 4.83. The highest BCUT2D eigenvalue weighted by atomic mass is 79.9. The SMILES string of the molecule is Cc1cc(Nc2c(Cl)cc(Cl)c3c2N=S=N3)c(Br)cc1N. The Morgan fingerprint density at radius 1 is 1.14 bits per heavy atom. The molecule has 3 N–H and O–H groups in total. The van der Waals surface area contributed by atoms with Gasteiger partial charge in [-0.05, 0) is 46.6 Å². The van der Waals surface area contributed by atoms with Crippen molar-refractivity contribution in [2.45, 2.75) is 6.92 Å². The number of aryl methyl sites for hydroxylation is 1. The van der Waals surface area contributed by atoms with E-state index < -0.39 is 0 Å². The van der Waals surface area contributed by atoms with E-state index in [0.29, 0.717) is 27.1 Å². The first kappa shape index (κ1) is 14.8. The molecule has 108 valence electrons. The van der Waals surface area contributed by atoms with Crippen LogP contribution in [0.3, 0.4) is 0 Å². The molecule has 2 aromatic carbocycles. The van der Waals surface area contributed by atoms with Crippen LogP contribution in [0.1, 0.15) is 5.56 Å². The molecule has 1 heterocycles. The van der Waals surface area contributed by atoms with Crippen molar-refractivity contribution in [2.24, 2.45) is 8.73 Å². The number of nitrogens with one attached hydrogen (secondary N) is 1. The van der Waals surface area contributed by atoms with Gasteiger partial charge in [-0.25, -0.2) is 0 Å². The molecule has 0 aromatic heterocycles. The topological polar surface area (TPSA) is 62.8 Å². The summed E-state index contributed by atoms with van der Waals surface area (Å²) in [5, 5.41) is 4.25. The normalized spacial score (nSPS) is 12.2. The summed E-state index contributed by atoms with van der Waals surface area (Å²) < 4.78 is 9.29. The Hall–Kier alpha value is -1.08. The highest BCUT2D eigenvalue weighted by Gasteiger charge is 2.19. The van der Waals surface area contributed by atoms with Crippen LogP contribution in [0.15, 0.2) is 31.4 Å². The van der Waals surface area contributed by atoms with Crippen LogP contribution in [-0.4, -0.2) is 0 Å². The molecule has 0 spiro atoms. The van der Waals surface area contributed by atoms with Crippen molar-refractivity contribution in [1.29, 1.82) is 0 Å². The number of benzene rings is 2. The molecular weight excluding hydrogens is 395 g/mol. The molecule has 0 bridgehead atoms. The number of nitrogens with two attached hydrogens (primary N) is 1. The van der Waals surface area contributed by atoms with Crippen molar-refractivity contribution in [3.05, 3.63) is 38.3 Å². The standard InChI is InChI=1S/C13H9BrCl2N4S/c1-5-2-10(6(14)3-9(5)17)18-11-7(15)4-8(16)12-13(11)20-21-19-12/h2-4,18H,17H2,1H3. The molecule has 0 fully saturated rings. The maximum atomic E-state index is 6.29. The third-order valence-electron chi connectivity index (χ3n) is 3.06. The summed E-state index contributed by atoms with van der Waals surface area (Å²) >= 11 is 17.0. The van der Waals surface area contributed by atoms with Gasteiger partial charge < -0.3 is 11.1 Å². The Kier molecular flexibility index (Phi) is 3.96.